The molecule has 1 N–H and O–H groups in total. The number of ether oxygens (including phenoxy) is 3. The Morgan fingerprint density at radius 3 is 2.71 bits per heavy atom. The van der Waals surface area contributed by atoms with Crippen molar-refractivity contribution in [3.05, 3.63) is 53.3 Å². The van der Waals surface area contributed by atoms with Gasteiger partial charge in [-0.05, 0) is 37.3 Å². The number of nitrogens with one attached hydrogen (secondary N) is 1. The van der Waals surface area contributed by atoms with Crippen molar-refractivity contribution in [2.24, 2.45) is 7.05 Å². The van der Waals surface area contributed by atoms with Gasteiger partial charge >= 0.3 is 0 Å². The number of anilines is 2. The predicted molar refractivity (Wildman–Crippen MR) is 137 cm³/mol. The van der Waals surface area contributed by atoms with Crippen molar-refractivity contribution in [3.8, 4) is 11.5 Å². The van der Waals surface area contributed by atoms with Crippen LogP contribution in [0.2, 0.25) is 5.02 Å². The van der Waals surface area contributed by atoms with Crippen LogP contribution in [0.3, 0.4) is 0 Å². The SMILES string of the molecule is COc1cccc(OC(C)c2nnc(SCC(=O)Nc3ccc(N4CCOCC4)c(Cl)c3)n2C)c1. The summed E-state index contributed by atoms with van der Waals surface area (Å²) in [5, 5.41) is 12.6. The lowest BCUT2D eigenvalue weighted by Gasteiger charge is -2.29. The third-order valence-electron chi connectivity index (χ3n) is 5.50. The van der Waals surface area contributed by atoms with E-state index < -0.39 is 0 Å². The molecule has 1 aromatic heterocycles. The van der Waals surface area contributed by atoms with Gasteiger partial charge < -0.3 is 29.0 Å². The summed E-state index contributed by atoms with van der Waals surface area (Å²) >= 11 is 7.77. The summed E-state index contributed by atoms with van der Waals surface area (Å²) in [5.41, 5.74) is 1.59. The van der Waals surface area contributed by atoms with Gasteiger partial charge in [0.05, 0.1) is 36.8 Å². The normalized spacial score (nSPS) is 14.5. The molecule has 1 saturated heterocycles. The number of thioether (sulfide) groups is 1. The van der Waals surface area contributed by atoms with Crippen molar-refractivity contribution in [1.82, 2.24) is 14.8 Å². The molecule has 11 heteroatoms. The molecule has 1 atom stereocenters. The third kappa shape index (κ3) is 6.39. The second-order valence-electron chi connectivity index (χ2n) is 7.94. The van der Waals surface area contributed by atoms with E-state index in [4.69, 9.17) is 25.8 Å². The highest BCUT2D eigenvalue weighted by molar-refractivity contribution is 7.99. The van der Waals surface area contributed by atoms with Crippen LogP contribution in [-0.2, 0) is 16.6 Å². The summed E-state index contributed by atoms with van der Waals surface area (Å²) in [6, 6.07) is 12.9. The molecule has 0 spiro atoms. The molecule has 0 aliphatic carbocycles. The summed E-state index contributed by atoms with van der Waals surface area (Å²) in [7, 11) is 3.46. The fourth-order valence-electron chi connectivity index (χ4n) is 3.71. The molecule has 1 aliphatic rings. The Morgan fingerprint density at radius 1 is 1.20 bits per heavy atom. The first-order chi connectivity index (χ1) is 16.9. The van der Waals surface area contributed by atoms with Crippen LogP contribution in [0.5, 0.6) is 11.5 Å². The van der Waals surface area contributed by atoms with E-state index >= 15 is 0 Å². The van der Waals surface area contributed by atoms with Gasteiger partial charge in [0, 0.05) is 31.9 Å². The number of amides is 1. The quantitative estimate of drug-likeness (QED) is 0.423. The number of hydrogen-bond acceptors (Lipinski definition) is 8. The van der Waals surface area contributed by atoms with Crippen LogP contribution in [-0.4, -0.2) is 59.8 Å². The molecule has 0 saturated carbocycles. The summed E-state index contributed by atoms with van der Waals surface area (Å²) in [4.78, 5) is 14.7. The molecular formula is C24H28ClN5O4S. The van der Waals surface area contributed by atoms with E-state index in [1.807, 2.05) is 54.9 Å². The van der Waals surface area contributed by atoms with Crippen LogP contribution in [0.15, 0.2) is 47.6 Å². The smallest absolute Gasteiger partial charge is 0.234 e. The van der Waals surface area contributed by atoms with Gasteiger partial charge in [0.25, 0.3) is 0 Å². The van der Waals surface area contributed by atoms with Gasteiger partial charge in [-0.3, -0.25) is 4.79 Å². The number of carbonyl (C=O) groups is 1. The Bertz CT molecular complexity index is 1170. The van der Waals surface area contributed by atoms with Crippen LogP contribution >= 0.6 is 23.4 Å². The molecule has 2 heterocycles. The monoisotopic (exact) mass is 517 g/mol. The van der Waals surface area contributed by atoms with E-state index in [9.17, 15) is 4.79 Å². The number of aromatic nitrogens is 3. The van der Waals surface area contributed by atoms with Crippen molar-refractivity contribution in [1.29, 1.82) is 0 Å². The van der Waals surface area contributed by atoms with E-state index in [1.165, 1.54) is 11.8 Å². The standard InChI is InChI=1S/C24H28ClN5O4S/c1-16(34-19-6-4-5-18(14-19)32-3)23-27-28-24(29(23)2)35-15-22(31)26-17-7-8-21(20(25)13-17)30-9-11-33-12-10-30/h4-8,13-14,16H,9-12,15H2,1-3H3,(H,26,31). The molecule has 1 aliphatic heterocycles. The molecule has 1 amide bonds. The number of morpholine rings is 1. The first kappa shape index (κ1) is 25.2. The minimum absolute atomic E-state index is 0.157. The number of benzene rings is 2. The zero-order valence-electron chi connectivity index (χ0n) is 19.9. The van der Waals surface area contributed by atoms with E-state index in [1.54, 1.807) is 13.2 Å². The third-order valence-corrected chi connectivity index (χ3v) is 6.82. The van der Waals surface area contributed by atoms with Crippen LogP contribution < -0.4 is 19.7 Å². The number of hydrogen-bond donors (Lipinski definition) is 1. The van der Waals surface area contributed by atoms with Crippen LogP contribution in [0.1, 0.15) is 18.9 Å². The average Bonchev–Trinajstić information content (AvgIpc) is 3.23. The van der Waals surface area contributed by atoms with Crippen molar-refractivity contribution in [3.63, 3.8) is 0 Å². The van der Waals surface area contributed by atoms with E-state index in [-0.39, 0.29) is 17.8 Å². The molecule has 4 rings (SSSR count). The number of rotatable bonds is 9. The molecule has 3 aromatic rings. The number of methoxy groups -OCH3 is 1. The molecule has 0 bridgehead atoms. The first-order valence-electron chi connectivity index (χ1n) is 11.2. The van der Waals surface area contributed by atoms with Crippen molar-refractivity contribution < 1.29 is 19.0 Å². The first-order valence-corrected chi connectivity index (χ1v) is 12.6. The summed E-state index contributed by atoms with van der Waals surface area (Å²) < 4.78 is 18.5. The lowest BCUT2D eigenvalue weighted by atomic mass is 10.2. The fourth-order valence-corrected chi connectivity index (χ4v) is 4.73. The molecule has 9 nitrogen and oxygen atoms in total. The van der Waals surface area contributed by atoms with E-state index in [0.29, 0.717) is 46.4 Å². The molecule has 35 heavy (non-hydrogen) atoms. The lowest BCUT2D eigenvalue weighted by molar-refractivity contribution is -0.113. The molecule has 2 aromatic carbocycles. The highest BCUT2D eigenvalue weighted by Gasteiger charge is 2.19. The van der Waals surface area contributed by atoms with E-state index in [2.05, 4.69) is 20.4 Å². The topological polar surface area (TPSA) is 90.7 Å². The van der Waals surface area contributed by atoms with Crippen LogP contribution in [0, 0.1) is 0 Å². The van der Waals surface area contributed by atoms with Gasteiger partial charge in [-0.25, -0.2) is 0 Å². The predicted octanol–water partition coefficient (Wildman–Crippen LogP) is 4.18. The van der Waals surface area contributed by atoms with Gasteiger partial charge in [0.1, 0.15) is 11.5 Å². The van der Waals surface area contributed by atoms with Gasteiger partial charge in [-0.1, -0.05) is 29.4 Å². The van der Waals surface area contributed by atoms with Gasteiger partial charge in [0.15, 0.2) is 17.1 Å². The number of carbonyl (C=O) groups excluding carboxylic acids is 1. The van der Waals surface area contributed by atoms with Crippen LogP contribution in [0.25, 0.3) is 0 Å². The Kier molecular flexibility index (Phi) is 8.37. The zero-order chi connectivity index (χ0) is 24.8. The van der Waals surface area contributed by atoms with Crippen LogP contribution in [0.4, 0.5) is 11.4 Å². The lowest BCUT2D eigenvalue weighted by Crippen LogP contribution is -2.36. The second kappa shape index (κ2) is 11.7. The Morgan fingerprint density at radius 2 is 1.97 bits per heavy atom. The highest BCUT2D eigenvalue weighted by Crippen LogP contribution is 2.30. The fraction of sp³-hybridized carbons (Fsp3) is 0.375. The van der Waals surface area contributed by atoms with Crippen molar-refractivity contribution in [2.75, 3.05) is 49.4 Å². The summed E-state index contributed by atoms with van der Waals surface area (Å²) in [6.07, 6.45) is -0.338. The molecule has 1 fully saturated rings. The maximum atomic E-state index is 12.5. The molecule has 186 valence electrons. The maximum absolute atomic E-state index is 12.5. The molecule has 1 unspecified atom stereocenters. The molecular weight excluding hydrogens is 490 g/mol. The van der Waals surface area contributed by atoms with Gasteiger partial charge in [-0.15, -0.1) is 10.2 Å². The minimum atomic E-state index is -0.338. The number of nitrogens with zero attached hydrogens (tertiary/aromatic N) is 4. The summed E-state index contributed by atoms with van der Waals surface area (Å²) in [5.74, 6) is 2.07. The zero-order valence-corrected chi connectivity index (χ0v) is 21.4. The average molecular weight is 518 g/mol. The second-order valence-corrected chi connectivity index (χ2v) is 9.29. The summed E-state index contributed by atoms with van der Waals surface area (Å²) in [6.45, 7) is 4.86. The maximum Gasteiger partial charge on any atom is 0.234 e. The Balaban J connectivity index is 1.31. The van der Waals surface area contributed by atoms with Crippen molar-refractivity contribution >= 4 is 40.6 Å². The van der Waals surface area contributed by atoms with E-state index in [0.717, 1.165) is 18.8 Å². The van der Waals surface area contributed by atoms with Gasteiger partial charge in [0.2, 0.25) is 5.91 Å². The highest BCUT2D eigenvalue weighted by atomic mass is 35.5. The van der Waals surface area contributed by atoms with Crippen molar-refractivity contribution in [2.45, 2.75) is 18.2 Å². The number of halogens is 1. The Labute approximate surface area is 213 Å². The Hall–Kier alpha value is -2.95. The minimum Gasteiger partial charge on any atom is -0.497 e. The molecule has 0 radical (unpaired) electrons. The largest absolute Gasteiger partial charge is 0.497 e. The van der Waals surface area contributed by atoms with Gasteiger partial charge in [-0.2, -0.15) is 0 Å².